The van der Waals surface area contributed by atoms with E-state index in [2.05, 4.69) is 4.98 Å². The number of hydrogen-bond acceptors (Lipinski definition) is 4. The summed E-state index contributed by atoms with van der Waals surface area (Å²) in [4.78, 5) is 40.1. The van der Waals surface area contributed by atoms with Crippen molar-refractivity contribution in [2.24, 2.45) is 0 Å². The van der Waals surface area contributed by atoms with Crippen molar-refractivity contribution in [2.45, 2.75) is 33.7 Å². The Bertz CT molecular complexity index is 898. The molecule has 130 valence electrons. The Morgan fingerprint density at radius 1 is 1.28 bits per heavy atom. The Balaban J connectivity index is 1.92. The molecule has 1 aromatic heterocycles. The van der Waals surface area contributed by atoms with Crippen molar-refractivity contribution < 1.29 is 14.5 Å². The number of aromatic amines is 1. The molecule has 0 radical (unpaired) electrons. The highest BCUT2D eigenvalue weighted by atomic mass is 16.6. The van der Waals surface area contributed by atoms with Crippen LogP contribution in [0, 0.1) is 24.0 Å². The molecule has 0 saturated heterocycles. The minimum atomic E-state index is -0.381. The minimum Gasteiger partial charge on any atom is -0.354 e. The van der Waals surface area contributed by atoms with Gasteiger partial charge in [0.05, 0.1) is 4.92 Å². The van der Waals surface area contributed by atoms with Crippen molar-refractivity contribution in [2.75, 3.05) is 6.54 Å². The smallest absolute Gasteiger partial charge is 0.272 e. The van der Waals surface area contributed by atoms with E-state index in [9.17, 15) is 19.7 Å². The first-order valence-electron chi connectivity index (χ1n) is 8.05. The average Bonchev–Trinajstić information content (AvgIpc) is 2.87. The number of aromatic nitrogens is 1. The molecule has 1 aliphatic rings. The van der Waals surface area contributed by atoms with E-state index in [0.717, 1.165) is 5.56 Å². The molecule has 0 spiro atoms. The Morgan fingerprint density at radius 2 is 2.00 bits per heavy atom. The Hall–Kier alpha value is -2.96. The Labute approximate surface area is 144 Å². The van der Waals surface area contributed by atoms with E-state index < -0.39 is 0 Å². The van der Waals surface area contributed by atoms with E-state index in [1.165, 1.54) is 13.0 Å². The lowest BCUT2D eigenvalue weighted by atomic mass is 9.97. The van der Waals surface area contributed by atoms with E-state index in [0.29, 0.717) is 47.6 Å². The number of carbonyl (C=O) groups is 2. The lowest BCUT2D eigenvalue weighted by molar-refractivity contribution is -0.385. The molecule has 0 saturated carbocycles. The second-order valence-corrected chi connectivity index (χ2v) is 6.33. The van der Waals surface area contributed by atoms with Crippen LogP contribution in [0.4, 0.5) is 5.69 Å². The van der Waals surface area contributed by atoms with E-state index in [1.54, 1.807) is 24.8 Å². The van der Waals surface area contributed by atoms with Gasteiger partial charge in [0.15, 0.2) is 5.78 Å². The minimum absolute atomic E-state index is 0.0788. The normalized spacial score (nSPS) is 13.5. The zero-order valence-electron chi connectivity index (χ0n) is 14.4. The van der Waals surface area contributed by atoms with E-state index in [4.69, 9.17) is 0 Å². The van der Waals surface area contributed by atoms with Crippen molar-refractivity contribution in [1.29, 1.82) is 0 Å². The van der Waals surface area contributed by atoms with Crippen molar-refractivity contribution in [3.63, 3.8) is 0 Å². The summed E-state index contributed by atoms with van der Waals surface area (Å²) in [5.41, 5.74) is 3.89. The van der Waals surface area contributed by atoms with Crippen LogP contribution in [0.25, 0.3) is 0 Å². The monoisotopic (exact) mass is 341 g/mol. The second kappa shape index (κ2) is 6.16. The van der Waals surface area contributed by atoms with Gasteiger partial charge in [-0.15, -0.1) is 0 Å². The summed E-state index contributed by atoms with van der Waals surface area (Å²) in [6.45, 7) is 5.74. The molecule has 0 fully saturated rings. The number of nitrogens with one attached hydrogen (secondary N) is 1. The van der Waals surface area contributed by atoms with Crippen molar-refractivity contribution in [3.05, 3.63) is 62.0 Å². The fourth-order valence-electron chi connectivity index (χ4n) is 3.58. The SMILES string of the molecule is CC(=O)c1c(C)[nH]c(C(=O)N2CCc3c(cccc3[N+](=O)[O-])C2)c1C. The van der Waals surface area contributed by atoms with Gasteiger partial charge in [-0.05, 0) is 38.3 Å². The Kier molecular flexibility index (Phi) is 4.16. The van der Waals surface area contributed by atoms with Crippen LogP contribution in [0.2, 0.25) is 0 Å². The summed E-state index contributed by atoms with van der Waals surface area (Å²) < 4.78 is 0. The predicted molar refractivity (Wildman–Crippen MR) is 91.8 cm³/mol. The van der Waals surface area contributed by atoms with Crippen LogP contribution in [0.15, 0.2) is 18.2 Å². The van der Waals surface area contributed by atoms with E-state index >= 15 is 0 Å². The van der Waals surface area contributed by atoms with Gasteiger partial charge in [0.1, 0.15) is 5.69 Å². The Morgan fingerprint density at radius 3 is 2.60 bits per heavy atom. The fraction of sp³-hybridized carbons (Fsp3) is 0.333. The number of amides is 1. The number of rotatable bonds is 3. The maximum Gasteiger partial charge on any atom is 0.272 e. The molecular formula is C18H19N3O4. The summed E-state index contributed by atoms with van der Waals surface area (Å²) in [5, 5.41) is 11.1. The third-order valence-electron chi connectivity index (χ3n) is 4.73. The first kappa shape index (κ1) is 16.9. The van der Waals surface area contributed by atoms with Gasteiger partial charge in [-0.1, -0.05) is 12.1 Å². The summed E-state index contributed by atoms with van der Waals surface area (Å²) in [7, 11) is 0. The van der Waals surface area contributed by atoms with Crippen LogP contribution < -0.4 is 0 Å². The van der Waals surface area contributed by atoms with Crippen LogP contribution in [0.1, 0.15) is 50.2 Å². The molecule has 1 aromatic carbocycles. The summed E-state index contributed by atoms with van der Waals surface area (Å²) in [6.07, 6.45) is 0.441. The van der Waals surface area contributed by atoms with Gasteiger partial charge in [-0.3, -0.25) is 19.7 Å². The standard InChI is InChI=1S/C18H19N3O4/c1-10-16(12(3)22)11(2)19-17(10)18(23)20-8-7-14-13(9-20)5-4-6-15(14)21(24)25/h4-6,19H,7-9H2,1-3H3. The number of fused-ring (bicyclic) bond motifs is 1. The number of nitro benzene ring substituents is 1. The third-order valence-corrected chi connectivity index (χ3v) is 4.73. The highest BCUT2D eigenvalue weighted by Gasteiger charge is 2.29. The van der Waals surface area contributed by atoms with Crippen molar-refractivity contribution >= 4 is 17.4 Å². The van der Waals surface area contributed by atoms with Gasteiger partial charge in [-0.2, -0.15) is 0 Å². The molecular weight excluding hydrogens is 322 g/mol. The van der Waals surface area contributed by atoms with Crippen molar-refractivity contribution in [3.8, 4) is 0 Å². The molecule has 2 heterocycles. The van der Waals surface area contributed by atoms with Crippen LogP contribution in [0.3, 0.4) is 0 Å². The average molecular weight is 341 g/mol. The lowest BCUT2D eigenvalue weighted by Gasteiger charge is -2.28. The summed E-state index contributed by atoms with van der Waals surface area (Å²) >= 11 is 0. The molecule has 1 amide bonds. The molecule has 0 unspecified atom stereocenters. The quantitative estimate of drug-likeness (QED) is 0.527. The molecule has 2 aromatic rings. The zero-order valence-corrected chi connectivity index (χ0v) is 14.4. The number of hydrogen-bond donors (Lipinski definition) is 1. The van der Waals surface area contributed by atoms with Crippen LogP contribution in [-0.4, -0.2) is 33.0 Å². The molecule has 7 nitrogen and oxygen atoms in total. The first-order chi connectivity index (χ1) is 11.8. The number of carbonyl (C=O) groups excluding carboxylic acids is 2. The number of aryl methyl sites for hydroxylation is 1. The number of nitro groups is 1. The van der Waals surface area contributed by atoms with Gasteiger partial charge in [0.2, 0.25) is 0 Å². The van der Waals surface area contributed by atoms with E-state index in [1.807, 2.05) is 6.07 Å². The molecule has 25 heavy (non-hydrogen) atoms. The molecule has 0 atom stereocenters. The van der Waals surface area contributed by atoms with Crippen LogP contribution >= 0.6 is 0 Å². The lowest BCUT2D eigenvalue weighted by Crippen LogP contribution is -2.36. The molecule has 0 aliphatic carbocycles. The highest BCUT2D eigenvalue weighted by Crippen LogP contribution is 2.29. The summed E-state index contributed by atoms with van der Waals surface area (Å²) in [5.74, 6) is -0.268. The molecule has 1 N–H and O–H groups in total. The topological polar surface area (TPSA) is 96.3 Å². The largest absolute Gasteiger partial charge is 0.354 e. The van der Waals surface area contributed by atoms with Gasteiger partial charge in [-0.25, -0.2) is 0 Å². The molecule has 3 rings (SSSR count). The van der Waals surface area contributed by atoms with Crippen LogP contribution in [0.5, 0.6) is 0 Å². The third kappa shape index (κ3) is 2.82. The second-order valence-electron chi connectivity index (χ2n) is 6.33. The first-order valence-corrected chi connectivity index (χ1v) is 8.05. The maximum atomic E-state index is 12.9. The molecule has 7 heteroatoms. The molecule has 0 bridgehead atoms. The number of Topliss-reactive ketones (excluding diaryl/α,β-unsaturated/α-hetero) is 1. The number of ketones is 1. The van der Waals surface area contributed by atoms with Gasteiger partial charge in [0.25, 0.3) is 11.6 Å². The predicted octanol–water partition coefficient (Wildman–Crippen LogP) is 2.94. The van der Waals surface area contributed by atoms with E-state index in [-0.39, 0.29) is 22.3 Å². The maximum absolute atomic E-state index is 12.9. The van der Waals surface area contributed by atoms with Gasteiger partial charge in [0, 0.05) is 36.0 Å². The van der Waals surface area contributed by atoms with Crippen molar-refractivity contribution in [1.82, 2.24) is 9.88 Å². The number of nitrogens with zero attached hydrogens (tertiary/aromatic N) is 2. The van der Waals surface area contributed by atoms with Crippen LogP contribution in [-0.2, 0) is 13.0 Å². The zero-order chi connectivity index (χ0) is 18.3. The van der Waals surface area contributed by atoms with Gasteiger partial charge < -0.3 is 9.88 Å². The van der Waals surface area contributed by atoms with Gasteiger partial charge >= 0.3 is 0 Å². The summed E-state index contributed by atoms with van der Waals surface area (Å²) in [6, 6.07) is 4.95. The number of benzene rings is 1. The molecule has 1 aliphatic heterocycles. The number of H-pyrrole nitrogens is 1. The fourth-order valence-corrected chi connectivity index (χ4v) is 3.58. The highest BCUT2D eigenvalue weighted by molar-refractivity contribution is 6.02.